The number of rotatable bonds is 5. The van der Waals surface area contributed by atoms with E-state index in [4.69, 9.17) is 0 Å². The average molecular weight is 452 g/mol. The maximum Gasteiger partial charge on any atom is 0.274 e. The Bertz CT molecular complexity index is 1330. The first-order valence-electron chi connectivity index (χ1n) is 10.5. The van der Waals surface area contributed by atoms with Crippen molar-refractivity contribution in [3.8, 4) is 0 Å². The minimum Gasteiger partial charge on any atom is -0.340 e. The van der Waals surface area contributed by atoms with Crippen molar-refractivity contribution in [3.05, 3.63) is 119 Å². The summed E-state index contributed by atoms with van der Waals surface area (Å²) in [6.45, 7) is 2.01. The Hall–Kier alpha value is -4.10. The van der Waals surface area contributed by atoms with Gasteiger partial charge in [0.15, 0.2) is 5.84 Å². The van der Waals surface area contributed by atoms with Gasteiger partial charge in [0.05, 0.1) is 12.0 Å². The van der Waals surface area contributed by atoms with Crippen LogP contribution in [0.3, 0.4) is 0 Å². The molecule has 0 unspecified atom stereocenters. The van der Waals surface area contributed by atoms with Gasteiger partial charge in [-0.2, -0.15) is 4.40 Å². The van der Waals surface area contributed by atoms with Crippen molar-refractivity contribution < 1.29 is 4.79 Å². The van der Waals surface area contributed by atoms with Crippen molar-refractivity contribution in [1.29, 1.82) is 0 Å². The zero-order valence-corrected chi connectivity index (χ0v) is 18.7. The van der Waals surface area contributed by atoms with Gasteiger partial charge in [-0.1, -0.05) is 66.2 Å². The number of imidazole rings is 1. The Balaban J connectivity index is 1.53. The summed E-state index contributed by atoms with van der Waals surface area (Å²) >= 11 is 1.33. The molecule has 0 bridgehead atoms. The first kappa shape index (κ1) is 20.8. The number of nitrogens with one attached hydrogen (secondary N) is 2. The second kappa shape index (κ2) is 9.18. The molecule has 1 aliphatic rings. The number of aryl methyl sites for hydroxylation is 1. The molecule has 1 amide bonds. The zero-order valence-electron chi connectivity index (χ0n) is 17.9. The lowest BCUT2D eigenvalue weighted by atomic mass is 10.1. The molecule has 1 aromatic heterocycles. The van der Waals surface area contributed by atoms with E-state index in [0.717, 1.165) is 28.2 Å². The molecule has 0 saturated heterocycles. The molecular weight excluding hydrogens is 430 g/mol. The highest BCUT2D eigenvalue weighted by Crippen LogP contribution is 2.35. The first-order chi connectivity index (χ1) is 16.2. The molecule has 2 N–H and O–H groups in total. The summed E-state index contributed by atoms with van der Waals surface area (Å²) in [6, 6.07) is 27.7. The second-order valence-corrected chi connectivity index (χ2v) is 8.14. The minimum atomic E-state index is -0.275. The van der Waals surface area contributed by atoms with Gasteiger partial charge < -0.3 is 10.3 Å². The molecule has 0 fully saturated rings. The summed E-state index contributed by atoms with van der Waals surface area (Å²) < 4.78 is 4.69. The summed E-state index contributed by atoms with van der Waals surface area (Å²) in [6.07, 6.45) is 1.52. The molecule has 0 aliphatic carbocycles. The van der Waals surface area contributed by atoms with Gasteiger partial charge in [-0.15, -0.1) is 0 Å². The predicted octanol–water partition coefficient (Wildman–Crippen LogP) is 5.88. The molecule has 4 aromatic rings. The van der Waals surface area contributed by atoms with E-state index < -0.39 is 0 Å². The number of aromatic amines is 1. The van der Waals surface area contributed by atoms with Crippen LogP contribution in [-0.2, 0) is 0 Å². The molecule has 6 nitrogen and oxygen atoms in total. The molecule has 5 rings (SSSR count). The van der Waals surface area contributed by atoms with Crippen molar-refractivity contribution in [2.45, 2.75) is 6.92 Å². The Morgan fingerprint density at radius 1 is 0.939 bits per heavy atom. The molecule has 33 heavy (non-hydrogen) atoms. The van der Waals surface area contributed by atoms with Crippen molar-refractivity contribution in [2.24, 2.45) is 4.40 Å². The van der Waals surface area contributed by atoms with E-state index in [9.17, 15) is 4.79 Å². The van der Waals surface area contributed by atoms with Gasteiger partial charge in [0.1, 0.15) is 11.4 Å². The highest BCUT2D eigenvalue weighted by atomic mass is 32.2. The van der Waals surface area contributed by atoms with E-state index in [1.165, 1.54) is 18.3 Å². The molecule has 0 atom stereocenters. The van der Waals surface area contributed by atoms with Crippen LogP contribution in [0.25, 0.3) is 5.70 Å². The van der Waals surface area contributed by atoms with Crippen LogP contribution in [-0.4, -0.2) is 21.7 Å². The maximum absolute atomic E-state index is 13.1. The number of amides is 1. The smallest absolute Gasteiger partial charge is 0.274 e. The Labute approximate surface area is 196 Å². The largest absolute Gasteiger partial charge is 0.340 e. The van der Waals surface area contributed by atoms with Gasteiger partial charge in [-0.3, -0.25) is 9.69 Å². The number of anilines is 2. The second-order valence-electron chi connectivity index (χ2n) is 7.51. The highest BCUT2D eigenvalue weighted by molar-refractivity contribution is 8.01. The Kier molecular flexibility index (Phi) is 5.78. The molecule has 0 saturated carbocycles. The van der Waals surface area contributed by atoms with E-state index in [1.54, 1.807) is 0 Å². The lowest BCUT2D eigenvalue weighted by molar-refractivity contribution is 0.102. The minimum absolute atomic E-state index is 0.275. The number of aromatic nitrogens is 2. The summed E-state index contributed by atoms with van der Waals surface area (Å²) in [5.74, 6) is 0.311. The van der Waals surface area contributed by atoms with E-state index >= 15 is 0 Å². The predicted molar refractivity (Wildman–Crippen MR) is 135 cm³/mol. The standard InChI is InChI=1S/C26H21N5OS/c1-18-12-14-20(15-13-18)29-26(32)24-23(27-17-28-24)25-30-33-16-22(19-8-4-2-5-9-19)31(25)21-10-6-3-7-11-21/h2-17H,1H3,(H,27,28)(H,29,32). The molecule has 3 aromatic carbocycles. The molecular formula is C26H21N5OS. The van der Waals surface area contributed by atoms with Crippen LogP contribution in [0.1, 0.15) is 27.3 Å². The SMILES string of the molecule is Cc1ccc(NC(=O)c2[nH]cnc2C2=NSC=C(c3ccccc3)N2c2ccccc2)cc1. The number of amidine groups is 1. The van der Waals surface area contributed by atoms with Gasteiger partial charge in [-0.05, 0) is 36.8 Å². The maximum atomic E-state index is 13.1. The Morgan fingerprint density at radius 3 is 2.36 bits per heavy atom. The Morgan fingerprint density at radius 2 is 1.64 bits per heavy atom. The van der Waals surface area contributed by atoms with Crippen molar-refractivity contribution in [1.82, 2.24) is 9.97 Å². The summed E-state index contributed by atoms with van der Waals surface area (Å²) in [5.41, 5.74) is 5.62. The number of hydrogen-bond donors (Lipinski definition) is 2. The lowest BCUT2D eigenvalue weighted by Gasteiger charge is -2.30. The number of H-pyrrole nitrogens is 1. The third kappa shape index (κ3) is 4.31. The van der Waals surface area contributed by atoms with Gasteiger partial charge in [0.25, 0.3) is 5.91 Å². The number of hydrogen-bond acceptors (Lipinski definition) is 5. The number of carbonyl (C=O) groups excluding carboxylic acids is 1. The number of para-hydroxylation sites is 1. The monoisotopic (exact) mass is 451 g/mol. The van der Waals surface area contributed by atoms with Crippen LogP contribution < -0.4 is 10.2 Å². The van der Waals surface area contributed by atoms with Crippen LogP contribution in [0.4, 0.5) is 11.4 Å². The molecule has 2 heterocycles. The average Bonchev–Trinajstić information content (AvgIpc) is 3.36. The van der Waals surface area contributed by atoms with E-state index in [1.807, 2.05) is 90.0 Å². The fourth-order valence-electron chi connectivity index (χ4n) is 3.59. The summed E-state index contributed by atoms with van der Waals surface area (Å²) in [7, 11) is 0. The molecule has 1 aliphatic heterocycles. The number of nitrogens with zero attached hydrogens (tertiary/aromatic N) is 3. The van der Waals surface area contributed by atoms with Crippen molar-refractivity contribution in [2.75, 3.05) is 10.2 Å². The molecule has 162 valence electrons. The molecule has 7 heteroatoms. The van der Waals surface area contributed by atoms with E-state index in [2.05, 4.69) is 31.8 Å². The highest BCUT2D eigenvalue weighted by Gasteiger charge is 2.29. The van der Waals surface area contributed by atoms with Crippen LogP contribution in [0.5, 0.6) is 0 Å². The van der Waals surface area contributed by atoms with Crippen LogP contribution >= 0.6 is 11.9 Å². The van der Waals surface area contributed by atoms with Gasteiger partial charge in [0.2, 0.25) is 0 Å². The first-order valence-corrected chi connectivity index (χ1v) is 11.3. The van der Waals surface area contributed by atoms with E-state index in [0.29, 0.717) is 17.2 Å². The normalized spacial score (nSPS) is 13.3. The van der Waals surface area contributed by atoms with Crippen molar-refractivity contribution >= 4 is 40.8 Å². The molecule has 0 radical (unpaired) electrons. The van der Waals surface area contributed by atoms with Gasteiger partial charge in [-0.25, -0.2) is 4.98 Å². The topological polar surface area (TPSA) is 73.4 Å². The van der Waals surface area contributed by atoms with Crippen LogP contribution in [0, 0.1) is 6.92 Å². The van der Waals surface area contributed by atoms with Crippen LogP contribution in [0.15, 0.2) is 101 Å². The van der Waals surface area contributed by atoms with Gasteiger partial charge >= 0.3 is 0 Å². The summed E-state index contributed by atoms with van der Waals surface area (Å²) in [5, 5.41) is 4.95. The fraction of sp³-hybridized carbons (Fsp3) is 0.0385. The number of carbonyl (C=O) groups is 1. The lowest BCUT2D eigenvalue weighted by Crippen LogP contribution is -2.33. The summed E-state index contributed by atoms with van der Waals surface area (Å²) in [4.78, 5) is 22.7. The third-order valence-corrected chi connectivity index (χ3v) is 5.83. The van der Waals surface area contributed by atoms with Crippen molar-refractivity contribution in [3.63, 3.8) is 0 Å². The molecule has 0 spiro atoms. The van der Waals surface area contributed by atoms with Crippen LogP contribution in [0.2, 0.25) is 0 Å². The quantitative estimate of drug-likeness (QED) is 0.372. The van der Waals surface area contributed by atoms with Gasteiger partial charge in [0, 0.05) is 28.7 Å². The third-order valence-electron chi connectivity index (χ3n) is 5.23. The zero-order chi connectivity index (χ0) is 22.6. The number of benzene rings is 3. The van der Waals surface area contributed by atoms with E-state index in [-0.39, 0.29) is 5.91 Å². The fourth-order valence-corrected chi connectivity index (χ4v) is 4.26.